The summed E-state index contributed by atoms with van der Waals surface area (Å²) >= 11 is 0. The quantitative estimate of drug-likeness (QED) is 0.712. The molecule has 106 valence electrons. The van der Waals surface area contributed by atoms with Gasteiger partial charge in [0.25, 0.3) is 0 Å². The first kappa shape index (κ1) is 12.9. The van der Waals surface area contributed by atoms with Crippen LogP contribution in [0, 0.1) is 0 Å². The van der Waals surface area contributed by atoms with Crippen LogP contribution in [0.5, 0.6) is 0 Å². The molecule has 20 heavy (non-hydrogen) atoms. The van der Waals surface area contributed by atoms with Crippen LogP contribution in [0.1, 0.15) is 12.8 Å². The Labute approximate surface area is 117 Å². The molecule has 0 unspecified atom stereocenters. The van der Waals surface area contributed by atoms with Crippen molar-refractivity contribution in [3.8, 4) is 5.69 Å². The third-order valence-corrected chi connectivity index (χ3v) is 4.04. The van der Waals surface area contributed by atoms with Crippen molar-refractivity contribution in [2.24, 2.45) is 0 Å². The highest BCUT2D eigenvalue weighted by Crippen LogP contribution is 2.21. The number of nitrogen functional groups attached to an aromatic ring is 1. The zero-order valence-electron chi connectivity index (χ0n) is 10.7. The lowest BCUT2D eigenvalue weighted by molar-refractivity contribution is 0.586. The molecule has 2 aromatic rings. The molecule has 1 aromatic carbocycles. The van der Waals surface area contributed by atoms with Crippen molar-refractivity contribution in [3.05, 3.63) is 36.5 Å². The molecule has 1 heterocycles. The predicted octanol–water partition coefficient (Wildman–Crippen LogP) is 0.863. The van der Waals surface area contributed by atoms with Crippen molar-refractivity contribution in [1.29, 1.82) is 0 Å². The molecular formula is C12H15N5O2S. The van der Waals surface area contributed by atoms with E-state index >= 15 is 0 Å². The topological polar surface area (TPSA) is 102 Å². The van der Waals surface area contributed by atoms with Crippen LogP contribution in [-0.2, 0) is 10.2 Å². The Morgan fingerprint density at radius 1 is 1.20 bits per heavy atom. The fraction of sp³-hybridized carbons (Fsp3) is 0.250. The molecule has 4 N–H and O–H groups in total. The summed E-state index contributed by atoms with van der Waals surface area (Å²) in [7, 11) is -3.57. The summed E-state index contributed by atoms with van der Waals surface area (Å²) in [5.74, 6) is 0.378. The molecule has 1 fully saturated rings. The van der Waals surface area contributed by atoms with E-state index in [0.29, 0.717) is 11.5 Å². The number of nitrogens with two attached hydrogens (primary N) is 1. The Morgan fingerprint density at radius 2 is 1.90 bits per heavy atom. The lowest BCUT2D eigenvalue weighted by Gasteiger charge is -2.11. The average molecular weight is 293 g/mol. The van der Waals surface area contributed by atoms with Crippen molar-refractivity contribution in [1.82, 2.24) is 14.5 Å². The third kappa shape index (κ3) is 2.91. The second kappa shape index (κ2) is 4.80. The van der Waals surface area contributed by atoms with E-state index in [1.54, 1.807) is 30.3 Å². The van der Waals surface area contributed by atoms with Crippen LogP contribution in [0.2, 0.25) is 0 Å². The first-order valence-electron chi connectivity index (χ1n) is 6.23. The summed E-state index contributed by atoms with van der Waals surface area (Å²) in [5, 5.41) is 4.12. The molecule has 0 radical (unpaired) electrons. The molecule has 1 saturated carbocycles. The summed E-state index contributed by atoms with van der Waals surface area (Å²) in [4.78, 5) is 0. The molecule has 1 aliphatic rings. The van der Waals surface area contributed by atoms with E-state index in [1.165, 1.54) is 10.9 Å². The van der Waals surface area contributed by atoms with Crippen LogP contribution in [0.25, 0.3) is 5.69 Å². The van der Waals surface area contributed by atoms with E-state index in [0.717, 1.165) is 18.5 Å². The van der Waals surface area contributed by atoms with Crippen LogP contribution in [0.15, 0.2) is 36.5 Å². The summed E-state index contributed by atoms with van der Waals surface area (Å²) in [5.41, 5.74) is 7.00. The summed E-state index contributed by atoms with van der Waals surface area (Å²) < 4.78 is 30.3. The molecule has 0 amide bonds. The molecule has 7 nitrogen and oxygen atoms in total. The van der Waals surface area contributed by atoms with Gasteiger partial charge < -0.3 is 5.73 Å². The van der Waals surface area contributed by atoms with Gasteiger partial charge in [-0.3, -0.25) is 4.72 Å². The van der Waals surface area contributed by atoms with E-state index in [-0.39, 0.29) is 6.04 Å². The van der Waals surface area contributed by atoms with Gasteiger partial charge in [-0.05, 0) is 37.1 Å². The van der Waals surface area contributed by atoms with E-state index in [4.69, 9.17) is 5.73 Å². The number of benzene rings is 1. The Kier molecular flexibility index (Phi) is 3.11. The number of rotatable bonds is 5. The highest BCUT2D eigenvalue weighted by atomic mass is 32.2. The molecule has 1 aromatic heterocycles. The number of nitrogens with zero attached hydrogens (tertiary/aromatic N) is 2. The predicted molar refractivity (Wildman–Crippen MR) is 76.7 cm³/mol. The Bertz CT molecular complexity index is 704. The van der Waals surface area contributed by atoms with E-state index in [1.807, 2.05) is 0 Å². The molecule has 0 spiro atoms. The monoisotopic (exact) mass is 293 g/mol. The minimum absolute atomic E-state index is 0.0559. The zero-order chi connectivity index (χ0) is 14.2. The SMILES string of the molecule is Nc1ccc(-n2nccc2NS(=O)(=O)NC2CC2)cc1. The molecule has 1 aliphatic carbocycles. The molecule has 3 rings (SSSR count). The van der Waals surface area contributed by atoms with Gasteiger partial charge in [-0.15, -0.1) is 0 Å². The lowest BCUT2D eigenvalue weighted by atomic mass is 10.3. The summed E-state index contributed by atoms with van der Waals surface area (Å²) in [6.07, 6.45) is 3.31. The summed E-state index contributed by atoms with van der Waals surface area (Å²) in [6, 6.07) is 8.67. The number of anilines is 2. The van der Waals surface area contributed by atoms with Crippen LogP contribution < -0.4 is 15.2 Å². The second-order valence-corrected chi connectivity index (χ2v) is 6.16. The molecule has 0 bridgehead atoms. The van der Waals surface area contributed by atoms with E-state index in [2.05, 4.69) is 14.5 Å². The van der Waals surface area contributed by atoms with Crippen LogP contribution in [-0.4, -0.2) is 24.2 Å². The van der Waals surface area contributed by atoms with Crippen molar-refractivity contribution < 1.29 is 8.42 Å². The number of hydrogen-bond acceptors (Lipinski definition) is 4. The normalized spacial score (nSPS) is 15.2. The van der Waals surface area contributed by atoms with Gasteiger partial charge in [0.2, 0.25) is 0 Å². The maximum atomic E-state index is 11.9. The van der Waals surface area contributed by atoms with Crippen LogP contribution >= 0.6 is 0 Å². The minimum Gasteiger partial charge on any atom is -0.399 e. The molecule has 8 heteroatoms. The lowest BCUT2D eigenvalue weighted by Crippen LogP contribution is -2.32. The van der Waals surface area contributed by atoms with Crippen molar-refractivity contribution in [2.45, 2.75) is 18.9 Å². The maximum absolute atomic E-state index is 11.9. The van der Waals surface area contributed by atoms with Crippen molar-refractivity contribution in [2.75, 3.05) is 10.5 Å². The second-order valence-electron chi connectivity index (χ2n) is 4.72. The van der Waals surface area contributed by atoms with Gasteiger partial charge in [0.05, 0.1) is 11.9 Å². The Hall–Kier alpha value is -2.06. The van der Waals surface area contributed by atoms with Gasteiger partial charge in [-0.2, -0.15) is 18.2 Å². The zero-order valence-corrected chi connectivity index (χ0v) is 11.5. The maximum Gasteiger partial charge on any atom is 0.300 e. The molecule has 0 atom stereocenters. The molecular weight excluding hydrogens is 278 g/mol. The Morgan fingerprint density at radius 3 is 2.55 bits per heavy atom. The average Bonchev–Trinajstić information content (AvgIpc) is 3.06. The van der Waals surface area contributed by atoms with E-state index < -0.39 is 10.2 Å². The van der Waals surface area contributed by atoms with Crippen molar-refractivity contribution in [3.63, 3.8) is 0 Å². The smallest absolute Gasteiger partial charge is 0.300 e. The Balaban J connectivity index is 1.84. The first-order chi connectivity index (χ1) is 9.53. The highest BCUT2D eigenvalue weighted by molar-refractivity contribution is 7.90. The van der Waals surface area contributed by atoms with Crippen LogP contribution in [0.4, 0.5) is 11.5 Å². The third-order valence-electron chi connectivity index (χ3n) is 2.92. The van der Waals surface area contributed by atoms with Gasteiger partial charge in [-0.1, -0.05) is 0 Å². The van der Waals surface area contributed by atoms with Crippen LogP contribution in [0.3, 0.4) is 0 Å². The number of hydrogen-bond donors (Lipinski definition) is 3. The van der Waals surface area contributed by atoms with Gasteiger partial charge in [-0.25, -0.2) is 4.68 Å². The fourth-order valence-corrected chi connectivity index (χ4v) is 2.95. The number of aromatic nitrogens is 2. The van der Waals surface area contributed by atoms with Gasteiger partial charge in [0.1, 0.15) is 5.82 Å². The minimum atomic E-state index is -3.57. The number of nitrogens with one attached hydrogen (secondary N) is 2. The summed E-state index contributed by atoms with van der Waals surface area (Å²) in [6.45, 7) is 0. The van der Waals surface area contributed by atoms with Gasteiger partial charge >= 0.3 is 10.2 Å². The highest BCUT2D eigenvalue weighted by Gasteiger charge is 2.27. The standard InChI is InChI=1S/C12H15N5O2S/c13-9-1-5-11(6-2-9)17-12(7-8-14-17)16-20(18,19)15-10-3-4-10/h1-2,5-8,10,15-16H,3-4,13H2. The van der Waals surface area contributed by atoms with Gasteiger partial charge in [0.15, 0.2) is 0 Å². The molecule has 0 aliphatic heterocycles. The van der Waals surface area contributed by atoms with Crippen molar-refractivity contribution >= 4 is 21.7 Å². The first-order valence-corrected chi connectivity index (χ1v) is 7.72. The largest absolute Gasteiger partial charge is 0.399 e. The van der Waals surface area contributed by atoms with Gasteiger partial charge in [0, 0.05) is 17.8 Å². The molecule has 0 saturated heterocycles. The van der Waals surface area contributed by atoms with E-state index in [9.17, 15) is 8.42 Å². The fourth-order valence-electron chi connectivity index (χ4n) is 1.79.